The van der Waals surface area contributed by atoms with Crippen molar-refractivity contribution in [3.63, 3.8) is 0 Å². The van der Waals surface area contributed by atoms with Gasteiger partial charge in [-0.2, -0.15) is 0 Å². The quantitative estimate of drug-likeness (QED) is 0.409. The zero-order valence-corrected chi connectivity index (χ0v) is 5.86. The van der Waals surface area contributed by atoms with Gasteiger partial charge in [0.2, 0.25) is 0 Å². The molecule has 0 rings (SSSR count). The van der Waals surface area contributed by atoms with E-state index in [4.69, 9.17) is 4.74 Å². The van der Waals surface area contributed by atoms with Gasteiger partial charge in [-0.1, -0.05) is 0 Å². The van der Waals surface area contributed by atoms with E-state index in [1.54, 1.807) is 7.11 Å². The smallest absolute Gasteiger partial charge is 0.0595 e. The maximum Gasteiger partial charge on any atom is 0.0595 e. The SMILES string of the molecule is COCCNI. The first-order valence-corrected chi connectivity index (χ1v) is 2.82. The average molecular weight is 201 g/mol. The van der Waals surface area contributed by atoms with Crippen molar-refractivity contribution in [2.45, 2.75) is 0 Å². The van der Waals surface area contributed by atoms with Crippen LogP contribution in [0.3, 0.4) is 0 Å². The number of hydrogen-bond acceptors (Lipinski definition) is 2. The predicted molar refractivity (Wildman–Crippen MR) is 33.9 cm³/mol. The summed E-state index contributed by atoms with van der Waals surface area (Å²) < 4.78 is 7.63. The molecule has 0 amide bonds. The van der Waals surface area contributed by atoms with E-state index >= 15 is 0 Å². The minimum absolute atomic E-state index is 0.795. The second-order valence-corrected chi connectivity index (χ2v) is 1.64. The highest BCUT2D eigenvalue weighted by Gasteiger charge is 1.73. The van der Waals surface area contributed by atoms with Crippen molar-refractivity contribution in [3.8, 4) is 0 Å². The summed E-state index contributed by atoms with van der Waals surface area (Å²) in [5.41, 5.74) is 0. The van der Waals surface area contributed by atoms with E-state index in [1.807, 2.05) is 0 Å². The Balaban J connectivity index is 2.34. The van der Waals surface area contributed by atoms with Gasteiger partial charge in [0.15, 0.2) is 0 Å². The Kier molecular flexibility index (Phi) is 6.26. The minimum atomic E-state index is 0.795. The van der Waals surface area contributed by atoms with Gasteiger partial charge >= 0.3 is 0 Å². The van der Waals surface area contributed by atoms with Crippen LogP contribution in [0, 0.1) is 0 Å². The van der Waals surface area contributed by atoms with Crippen LogP contribution in [-0.4, -0.2) is 20.3 Å². The maximum atomic E-state index is 4.71. The molecule has 0 atom stereocenters. The van der Waals surface area contributed by atoms with Gasteiger partial charge < -0.3 is 4.74 Å². The Morgan fingerprint density at radius 3 is 2.67 bits per heavy atom. The minimum Gasteiger partial charge on any atom is -0.383 e. The molecular weight excluding hydrogens is 193 g/mol. The molecule has 0 aromatic heterocycles. The van der Waals surface area contributed by atoms with E-state index in [0.29, 0.717) is 0 Å². The average Bonchev–Trinajstić information content (AvgIpc) is 1.61. The number of methoxy groups -OCH3 is 1. The molecular formula is C3H8INO. The third-order valence-corrected chi connectivity index (χ3v) is 0.940. The van der Waals surface area contributed by atoms with Crippen molar-refractivity contribution in [2.75, 3.05) is 20.3 Å². The molecule has 0 spiro atoms. The van der Waals surface area contributed by atoms with Crippen LogP contribution in [-0.2, 0) is 4.74 Å². The molecule has 0 bridgehead atoms. The number of rotatable bonds is 3. The van der Waals surface area contributed by atoms with Crippen LogP contribution >= 0.6 is 22.9 Å². The molecule has 38 valence electrons. The number of halogens is 1. The van der Waals surface area contributed by atoms with Crippen LogP contribution in [0.1, 0.15) is 0 Å². The fraction of sp³-hybridized carbons (Fsp3) is 1.00. The molecule has 0 aromatic carbocycles. The lowest BCUT2D eigenvalue weighted by molar-refractivity contribution is 0.206. The van der Waals surface area contributed by atoms with Gasteiger partial charge in [-0.05, 0) is 0 Å². The summed E-state index contributed by atoms with van der Waals surface area (Å²) in [5.74, 6) is 0. The standard InChI is InChI=1S/C3H8INO/c1-6-3-2-5-4/h5H,2-3H2,1H3. The lowest BCUT2D eigenvalue weighted by Crippen LogP contribution is -2.06. The first-order valence-electron chi connectivity index (χ1n) is 1.74. The molecule has 0 unspecified atom stereocenters. The maximum absolute atomic E-state index is 4.71. The summed E-state index contributed by atoms with van der Waals surface area (Å²) in [6, 6.07) is 0. The highest BCUT2D eigenvalue weighted by atomic mass is 127. The van der Waals surface area contributed by atoms with Gasteiger partial charge in [0.1, 0.15) is 0 Å². The third kappa shape index (κ3) is 4.65. The Hall–Kier alpha value is 0.650. The Morgan fingerprint density at radius 2 is 2.50 bits per heavy atom. The van der Waals surface area contributed by atoms with Crippen molar-refractivity contribution in [1.29, 1.82) is 0 Å². The van der Waals surface area contributed by atoms with Gasteiger partial charge in [0.05, 0.1) is 6.61 Å². The van der Waals surface area contributed by atoms with Crippen LogP contribution in [0.5, 0.6) is 0 Å². The van der Waals surface area contributed by atoms with Crippen molar-refractivity contribution < 1.29 is 4.74 Å². The topological polar surface area (TPSA) is 21.3 Å². The van der Waals surface area contributed by atoms with E-state index < -0.39 is 0 Å². The van der Waals surface area contributed by atoms with Crippen molar-refractivity contribution in [2.24, 2.45) is 0 Å². The predicted octanol–water partition coefficient (Wildman–Crippen LogP) is 0.572. The Labute approximate surface area is 51.8 Å². The van der Waals surface area contributed by atoms with Crippen molar-refractivity contribution in [1.82, 2.24) is 3.53 Å². The molecule has 2 nitrogen and oxygen atoms in total. The third-order valence-electron chi connectivity index (χ3n) is 0.401. The van der Waals surface area contributed by atoms with Gasteiger partial charge in [-0.25, -0.2) is 0 Å². The van der Waals surface area contributed by atoms with Crippen LogP contribution in [0.2, 0.25) is 0 Å². The summed E-state index contributed by atoms with van der Waals surface area (Å²) in [6.45, 7) is 1.72. The molecule has 0 aliphatic rings. The van der Waals surface area contributed by atoms with Crippen molar-refractivity contribution in [3.05, 3.63) is 0 Å². The molecule has 0 aliphatic heterocycles. The highest BCUT2D eigenvalue weighted by Crippen LogP contribution is 1.67. The normalized spacial score (nSPS) is 9.00. The van der Waals surface area contributed by atoms with Crippen LogP contribution in [0.15, 0.2) is 0 Å². The van der Waals surface area contributed by atoms with E-state index in [2.05, 4.69) is 26.4 Å². The lowest BCUT2D eigenvalue weighted by atomic mass is 10.7. The van der Waals surface area contributed by atoms with E-state index in [-0.39, 0.29) is 0 Å². The van der Waals surface area contributed by atoms with Crippen LogP contribution in [0.4, 0.5) is 0 Å². The molecule has 0 aromatic rings. The summed E-state index contributed by atoms with van der Waals surface area (Å²) in [7, 11) is 1.69. The van der Waals surface area contributed by atoms with Gasteiger partial charge in [0, 0.05) is 36.5 Å². The van der Waals surface area contributed by atoms with Crippen molar-refractivity contribution >= 4 is 22.9 Å². The zero-order valence-electron chi connectivity index (χ0n) is 3.70. The molecule has 0 radical (unpaired) electrons. The Bertz CT molecular complexity index is 22.8. The van der Waals surface area contributed by atoms with E-state index in [0.717, 1.165) is 13.2 Å². The molecule has 1 N–H and O–H groups in total. The first-order chi connectivity index (χ1) is 2.91. The number of hydrogen-bond donors (Lipinski definition) is 1. The summed E-state index contributed by atoms with van der Waals surface area (Å²) in [5, 5.41) is 0. The van der Waals surface area contributed by atoms with E-state index in [1.165, 1.54) is 0 Å². The number of nitrogens with one attached hydrogen (secondary N) is 1. The van der Waals surface area contributed by atoms with Crippen LogP contribution < -0.4 is 3.53 Å². The molecule has 0 fully saturated rings. The first kappa shape index (κ1) is 6.65. The van der Waals surface area contributed by atoms with E-state index in [9.17, 15) is 0 Å². The lowest BCUT2D eigenvalue weighted by Gasteiger charge is -1.90. The number of ether oxygens (including phenoxy) is 1. The molecule has 0 heterocycles. The second kappa shape index (κ2) is 5.65. The fourth-order valence-corrected chi connectivity index (χ4v) is 0.361. The zero-order chi connectivity index (χ0) is 4.83. The van der Waals surface area contributed by atoms with Crippen LogP contribution in [0.25, 0.3) is 0 Å². The second-order valence-electron chi connectivity index (χ2n) is 0.876. The molecule has 6 heavy (non-hydrogen) atoms. The largest absolute Gasteiger partial charge is 0.383 e. The molecule has 0 saturated carbocycles. The van der Waals surface area contributed by atoms with Gasteiger partial charge in [-0.15, -0.1) is 0 Å². The Morgan fingerprint density at radius 1 is 1.83 bits per heavy atom. The molecule has 0 aliphatic carbocycles. The molecule has 0 saturated heterocycles. The monoisotopic (exact) mass is 201 g/mol. The summed E-state index contributed by atoms with van der Waals surface area (Å²) in [4.78, 5) is 0. The summed E-state index contributed by atoms with van der Waals surface area (Å²) >= 11 is 2.08. The fourth-order valence-electron chi connectivity index (χ4n) is 0.141. The highest BCUT2D eigenvalue weighted by molar-refractivity contribution is 14.1. The van der Waals surface area contributed by atoms with Gasteiger partial charge in [-0.3, -0.25) is 3.53 Å². The van der Waals surface area contributed by atoms with Gasteiger partial charge in [0.25, 0.3) is 0 Å². The molecule has 3 heteroatoms. The summed E-state index contributed by atoms with van der Waals surface area (Å²) in [6.07, 6.45) is 0.